The first-order valence-corrected chi connectivity index (χ1v) is 3.26. The third-order valence-corrected chi connectivity index (χ3v) is 1.60. The van der Waals surface area contributed by atoms with Gasteiger partial charge in [0.1, 0.15) is 17.8 Å². The van der Waals surface area contributed by atoms with Gasteiger partial charge in [-0.2, -0.15) is 5.32 Å². The molecule has 1 heterocycles. The Kier molecular flexibility index (Phi) is 1.12. The zero-order valence-corrected chi connectivity index (χ0v) is 5.76. The number of rotatable bonds is 0. The van der Waals surface area contributed by atoms with Crippen LogP contribution in [0.1, 0.15) is 5.56 Å². The average molecular weight is 141 g/mol. The van der Waals surface area contributed by atoms with Crippen LogP contribution in [0.5, 0.6) is 0 Å². The number of hydrogen-bond donors (Lipinski definition) is 1. The summed E-state index contributed by atoms with van der Waals surface area (Å²) >= 11 is 0. The van der Waals surface area contributed by atoms with Gasteiger partial charge in [0.05, 0.1) is 6.57 Å². The fourth-order valence-corrected chi connectivity index (χ4v) is 1.04. The molecule has 1 aromatic rings. The second-order valence-electron chi connectivity index (χ2n) is 2.30. The summed E-state index contributed by atoms with van der Waals surface area (Å²) < 4.78 is 0. The number of anilines is 1. The number of hydrogen-bond acceptors (Lipinski definition) is 1. The molecule has 50 valence electrons. The highest BCUT2D eigenvalue weighted by molar-refractivity contribution is 5.75. The van der Waals surface area contributed by atoms with Gasteiger partial charge in [-0.25, -0.2) is 4.85 Å². The quantitative estimate of drug-likeness (QED) is 0.549. The largest absolute Gasteiger partial charge is 0.237 e. The third-order valence-electron chi connectivity index (χ3n) is 1.60. The van der Waals surface area contributed by atoms with Crippen LogP contribution >= 0.6 is 0 Å². The van der Waals surface area contributed by atoms with Crippen molar-refractivity contribution in [1.29, 1.82) is 0 Å². The van der Waals surface area contributed by atoms with Gasteiger partial charge in [0, 0.05) is 12.1 Å². The van der Waals surface area contributed by atoms with E-state index in [9.17, 15) is 0 Å². The molecular formula is C9H5N2+. The summed E-state index contributed by atoms with van der Waals surface area (Å²) in [5, 5.41) is 2.94. The van der Waals surface area contributed by atoms with Crippen LogP contribution in [0, 0.1) is 12.8 Å². The molecule has 1 aromatic carbocycles. The Morgan fingerprint density at radius 3 is 3.18 bits per heavy atom. The lowest BCUT2D eigenvalue weighted by Crippen LogP contribution is -1.81. The van der Waals surface area contributed by atoms with Crippen molar-refractivity contribution in [2.75, 3.05) is 5.32 Å². The molecule has 0 amide bonds. The zero-order valence-electron chi connectivity index (χ0n) is 5.76. The summed E-state index contributed by atoms with van der Waals surface area (Å²) in [5.41, 5.74) is 2.74. The average Bonchev–Trinajstić information content (AvgIpc) is 2.50. The lowest BCUT2D eigenvalue weighted by Gasteiger charge is -1.87. The van der Waals surface area contributed by atoms with Crippen LogP contribution in [0.15, 0.2) is 18.2 Å². The maximum atomic E-state index is 6.78. The number of nitrogens with zero attached hydrogens (tertiary/aromatic N) is 1. The molecule has 0 aliphatic carbocycles. The molecule has 0 unspecified atom stereocenters. The van der Waals surface area contributed by atoms with Crippen LogP contribution in [-0.2, 0) is 0 Å². The first-order valence-electron chi connectivity index (χ1n) is 3.26. The highest BCUT2D eigenvalue weighted by Crippen LogP contribution is 2.26. The maximum Gasteiger partial charge on any atom is 0.203 e. The first kappa shape index (κ1) is 5.91. The molecule has 1 aliphatic rings. The molecule has 0 spiro atoms. The van der Waals surface area contributed by atoms with Crippen LogP contribution in [-0.4, -0.2) is 0 Å². The van der Waals surface area contributed by atoms with Gasteiger partial charge in [-0.1, -0.05) is 0 Å². The second kappa shape index (κ2) is 2.09. The van der Waals surface area contributed by atoms with E-state index in [1.807, 2.05) is 18.2 Å². The van der Waals surface area contributed by atoms with E-state index < -0.39 is 0 Å². The van der Waals surface area contributed by atoms with Gasteiger partial charge >= 0.3 is 0 Å². The summed E-state index contributed by atoms with van der Waals surface area (Å²) in [6.45, 7) is 6.78. The van der Waals surface area contributed by atoms with Gasteiger partial charge in [-0.05, 0) is 6.07 Å². The normalized spacial score (nSPS) is 11.2. The van der Waals surface area contributed by atoms with E-state index >= 15 is 0 Å². The minimum absolute atomic E-state index is 0.672. The minimum atomic E-state index is 0.672. The standard InChI is InChI=1S/C9H5N2/c1-10-8-2-3-9-7(6-8)4-5-11-9/h2-4,6,11H/q+1. The van der Waals surface area contributed by atoms with E-state index in [1.165, 1.54) is 0 Å². The molecule has 0 bridgehead atoms. The Labute approximate surface area is 65.0 Å². The fraction of sp³-hybridized carbons (Fsp3) is 0. The molecule has 2 nitrogen and oxygen atoms in total. The van der Waals surface area contributed by atoms with Crippen molar-refractivity contribution in [2.24, 2.45) is 0 Å². The van der Waals surface area contributed by atoms with Crippen molar-refractivity contribution >= 4 is 17.5 Å². The van der Waals surface area contributed by atoms with Crippen molar-refractivity contribution in [3.05, 3.63) is 41.4 Å². The molecule has 2 rings (SSSR count). The van der Waals surface area contributed by atoms with Gasteiger partial charge in [0.2, 0.25) is 5.69 Å². The predicted molar refractivity (Wildman–Crippen MR) is 44.0 cm³/mol. The summed E-state index contributed by atoms with van der Waals surface area (Å²) in [6.07, 6.45) is 4.70. The number of benzene rings is 1. The molecule has 0 saturated carbocycles. The molecule has 0 radical (unpaired) electrons. The van der Waals surface area contributed by atoms with Crippen molar-refractivity contribution in [1.82, 2.24) is 0 Å². The van der Waals surface area contributed by atoms with E-state index in [0.29, 0.717) is 5.69 Å². The van der Waals surface area contributed by atoms with Crippen LogP contribution in [0.4, 0.5) is 11.4 Å². The molecule has 11 heavy (non-hydrogen) atoms. The lowest BCUT2D eigenvalue weighted by atomic mass is 10.2. The third kappa shape index (κ3) is 0.843. The smallest absolute Gasteiger partial charge is 0.203 e. The van der Waals surface area contributed by atoms with Gasteiger partial charge in [-0.3, -0.25) is 0 Å². The van der Waals surface area contributed by atoms with E-state index in [-0.39, 0.29) is 0 Å². The van der Waals surface area contributed by atoms with E-state index in [1.54, 1.807) is 6.07 Å². The zero-order chi connectivity index (χ0) is 7.68. The molecule has 0 atom stereocenters. The van der Waals surface area contributed by atoms with E-state index in [4.69, 9.17) is 6.57 Å². The highest BCUT2D eigenvalue weighted by atomic mass is 14.9. The summed E-state index contributed by atoms with van der Waals surface area (Å²) in [6, 6.07) is 5.52. The highest BCUT2D eigenvalue weighted by Gasteiger charge is 2.15. The molecule has 1 aliphatic heterocycles. The fourth-order valence-electron chi connectivity index (χ4n) is 1.04. The molecule has 2 heteroatoms. The molecule has 0 saturated heterocycles. The van der Waals surface area contributed by atoms with Crippen LogP contribution in [0.2, 0.25) is 0 Å². The van der Waals surface area contributed by atoms with E-state index in [0.717, 1.165) is 11.3 Å². The van der Waals surface area contributed by atoms with Gasteiger partial charge < -0.3 is 0 Å². The van der Waals surface area contributed by atoms with Crippen molar-refractivity contribution < 1.29 is 0 Å². The predicted octanol–water partition coefficient (Wildman–Crippen LogP) is 2.44. The maximum absolute atomic E-state index is 6.78. The minimum Gasteiger partial charge on any atom is -0.237 e. The van der Waals surface area contributed by atoms with Crippen LogP contribution in [0.3, 0.4) is 0 Å². The number of fused-ring (bicyclic) bond motifs is 1. The SMILES string of the molecule is [C-]#[N+]c1ccc2c(c1)C=[C+]N2. The molecule has 1 N–H and O–H groups in total. The van der Waals surface area contributed by atoms with Crippen molar-refractivity contribution in [3.63, 3.8) is 0 Å². The van der Waals surface area contributed by atoms with Crippen LogP contribution in [0.25, 0.3) is 10.9 Å². The summed E-state index contributed by atoms with van der Waals surface area (Å²) in [7, 11) is 0. The van der Waals surface area contributed by atoms with Crippen LogP contribution < -0.4 is 5.32 Å². The van der Waals surface area contributed by atoms with Gasteiger partial charge in [-0.15, -0.1) is 0 Å². The number of nitrogens with one attached hydrogen (secondary N) is 1. The van der Waals surface area contributed by atoms with Crippen molar-refractivity contribution in [2.45, 2.75) is 0 Å². The van der Waals surface area contributed by atoms with Crippen molar-refractivity contribution in [3.8, 4) is 0 Å². The Bertz CT molecular complexity index is 358. The summed E-state index contributed by atoms with van der Waals surface area (Å²) in [4.78, 5) is 3.32. The molecule has 0 aromatic heterocycles. The van der Waals surface area contributed by atoms with Gasteiger partial charge in [0.25, 0.3) is 0 Å². The van der Waals surface area contributed by atoms with E-state index in [2.05, 4.69) is 16.4 Å². The monoisotopic (exact) mass is 141 g/mol. The Hall–Kier alpha value is -1.84. The Morgan fingerprint density at radius 1 is 1.45 bits per heavy atom. The topological polar surface area (TPSA) is 16.4 Å². The summed E-state index contributed by atoms with van der Waals surface area (Å²) in [5.74, 6) is 0. The Balaban J connectivity index is 2.58. The van der Waals surface area contributed by atoms with Gasteiger partial charge in [0.15, 0.2) is 5.69 Å². The molecular weight excluding hydrogens is 136 g/mol. The molecule has 0 fully saturated rings. The Morgan fingerprint density at radius 2 is 2.36 bits per heavy atom. The first-order chi connectivity index (χ1) is 5.40. The lowest BCUT2D eigenvalue weighted by molar-refractivity contribution is 1.61. The second-order valence-corrected chi connectivity index (χ2v) is 2.30.